The van der Waals surface area contributed by atoms with E-state index in [4.69, 9.17) is 0 Å². The zero-order valence-corrected chi connectivity index (χ0v) is 9.23. The van der Waals surface area contributed by atoms with E-state index in [1.165, 1.54) is 0 Å². The molecule has 0 radical (unpaired) electrons. The fourth-order valence-corrected chi connectivity index (χ4v) is 2.12. The van der Waals surface area contributed by atoms with E-state index in [0.29, 0.717) is 5.56 Å². The lowest BCUT2D eigenvalue weighted by atomic mass is 9.92. The number of nitrogens with one attached hydrogen (secondary N) is 1. The molecule has 1 aromatic carbocycles. The van der Waals surface area contributed by atoms with Gasteiger partial charge >= 0.3 is 0 Å². The highest BCUT2D eigenvalue weighted by Crippen LogP contribution is 2.18. The van der Waals surface area contributed by atoms with E-state index >= 15 is 0 Å². The minimum atomic E-state index is -0.388. The number of amides is 1. The lowest BCUT2D eigenvalue weighted by Crippen LogP contribution is -2.45. The number of rotatable bonds is 2. The maximum absolute atomic E-state index is 11.8. The molecule has 2 N–H and O–H groups in total. The van der Waals surface area contributed by atoms with Crippen molar-refractivity contribution in [2.24, 2.45) is 0 Å². The van der Waals surface area contributed by atoms with Gasteiger partial charge in [-0.15, -0.1) is 0 Å². The van der Waals surface area contributed by atoms with Crippen molar-refractivity contribution >= 4 is 5.91 Å². The van der Waals surface area contributed by atoms with Gasteiger partial charge in [-0.3, -0.25) is 4.79 Å². The van der Waals surface area contributed by atoms with Crippen LogP contribution in [0, 0.1) is 0 Å². The molecule has 0 saturated heterocycles. The van der Waals surface area contributed by atoms with E-state index in [1.807, 2.05) is 18.2 Å². The minimum Gasteiger partial charge on any atom is -0.391 e. The molecule has 86 valence electrons. The van der Waals surface area contributed by atoms with Gasteiger partial charge in [-0.1, -0.05) is 31.0 Å². The Kier molecular flexibility index (Phi) is 3.57. The molecular weight excluding hydrogens is 202 g/mol. The SMILES string of the molecule is O=C(N[C@H]1CCCC[C@H]1O)c1ccccc1. The van der Waals surface area contributed by atoms with E-state index < -0.39 is 0 Å². The maximum Gasteiger partial charge on any atom is 0.251 e. The molecule has 0 heterocycles. The molecular formula is C13H17NO2. The molecule has 1 aliphatic rings. The number of aliphatic hydroxyl groups is 1. The second-order valence-electron chi connectivity index (χ2n) is 4.30. The molecule has 0 aromatic heterocycles. The van der Waals surface area contributed by atoms with Crippen LogP contribution in [0.25, 0.3) is 0 Å². The molecule has 16 heavy (non-hydrogen) atoms. The highest BCUT2D eigenvalue weighted by atomic mass is 16.3. The second kappa shape index (κ2) is 5.12. The summed E-state index contributed by atoms with van der Waals surface area (Å²) in [7, 11) is 0. The first-order chi connectivity index (χ1) is 7.77. The Morgan fingerprint density at radius 3 is 2.56 bits per heavy atom. The molecule has 0 unspecified atom stereocenters. The van der Waals surface area contributed by atoms with Gasteiger partial charge in [0, 0.05) is 5.56 Å². The molecule has 2 rings (SSSR count). The van der Waals surface area contributed by atoms with Crippen LogP contribution in [0.15, 0.2) is 30.3 Å². The first-order valence-corrected chi connectivity index (χ1v) is 5.81. The molecule has 1 aliphatic carbocycles. The summed E-state index contributed by atoms with van der Waals surface area (Å²) >= 11 is 0. The number of benzene rings is 1. The lowest BCUT2D eigenvalue weighted by Gasteiger charge is -2.28. The van der Waals surface area contributed by atoms with Crippen molar-refractivity contribution in [2.75, 3.05) is 0 Å². The molecule has 0 spiro atoms. The summed E-state index contributed by atoms with van der Waals surface area (Å²) in [5.41, 5.74) is 0.653. The van der Waals surface area contributed by atoms with Crippen molar-refractivity contribution in [3.05, 3.63) is 35.9 Å². The Hall–Kier alpha value is -1.35. The van der Waals surface area contributed by atoms with Crippen LogP contribution in [-0.4, -0.2) is 23.2 Å². The standard InChI is InChI=1S/C13H17NO2/c15-12-9-5-4-8-11(12)14-13(16)10-6-2-1-3-7-10/h1-3,6-7,11-12,15H,4-5,8-9H2,(H,14,16)/t11-,12+/m0/s1. The van der Waals surface area contributed by atoms with Gasteiger partial charge in [0.1, 0.15) is 0 Å². The van der Waals surface area contributed by atoms with E-state index in [2.05, 4.69) is 5.32 Å². The fourth-order valence-electron chi connectivity index (χ4n) is 2.12. The van der Waals surface area contributed by atoms with Crippen LogP contribution in [0.1, 0.15) is 36.0 Å². The third-order valence-corrected chi connectivity index (χ3v) is 3.08. The van der Waals surface area contributed by atoms with Gasteiger partial charge < -0.3 is 10.4 Å². The number of carbonyl (C=O) groups is 1. The fraction of sp³-hybridized carbons (Fsp3) is 0.462. The Balaban J connectivity index is 1.96. The van der Waals surface area contributed by atoms with Crippen LogP contribution in [0.3, 0.4) is 0 Å². The molecule has 1 saturated carbocycles. The van der Waals surface area contributed by atoms with Gasteiger partial charge in [-0.05, 0) is 25.0 Å². The van der Waals surface area contributed by atoms with Gasteiger partial charge in [0.05, 0.1) is 12.1 Å². The quantitative estimate of drug-likeness (QED) is 0.795. The largest absolute Gasteiger partial charge is 0.391 e. The number of hydrogen-bond acceptors (Lipinski definition) is 2. The first-order valence-electron chi connectivity index (χ1n) is 5.81. The highest BCUT2D eigenvalue weighted by molar-refractivity contribution is 5.94. The van der Waals surface area contributed by atoms with Crippen molar-refractivity contribution in [1.82, 2.24) is 5.32 Å². The predicted octanol–water partition coefficient (Wildman–Crippen LogP) is 1.72. The van der Waals surface area contributed by atoms with Crippen LogP contribution in [-0.2, 0) is 0 Å². The van der Waals surface area contributed by atoms with Crippen molar-refractivity contribution in [1.29, 1.82) is 0 Å². The number of carbonyl (C=O) groups excluding carboxylic acids is 1. The molecule has 0 aliphatic heterocycles. The minimum absolute atomic E-state index is 0.0820. The van der Waals surface area contributed by atoms with E-state index in [1.54, 1.807) is 12.1 Å². The van der Waals surface area contributed by atoms with E-state index in [-0.39, 0.29) is 18.1 Å². The van der Waals surface area contributed by atoms with Gasteiger partial charge in [0.2, 0.25) is 0 Å². The Morgan fingerprint density at radius 1 is 1.19 bits per heavy atom. The summed E-state index contributed by atoms with van der Waals surface area (Å²) < 4.78 is 0. The molecule has 1 aromatic rings. The van der Waals surface area contributed by atoms with Crippen molar-refractivity contribution in [3.63, 3.8) is 0 Å². The lowest BCUT2D eigenvalue weighted by molar-refractivity contribution is 0.0717. The predicted molar refractivity (Wildman–Crippen MR) is 62.2 cm³/mol. The van der Waals surface area contributed by atoms with Crippen LogP contribution in [0.5, 0.6) is 0 Å². The highest BCUT2D eigenvalue weighted by Gasteiger charge is 2.24. The Bertz CT molecular complexity index is 350. The third kappa shape index (κ3) is 2.61. The van der Waals surface area contributed by atoms with Gasteiger partial charge in [0.15, 0.2) is 0 Å². The summed E-state index contributed by atoms with van der Waals surface area (Å²) in [6.07, 6.45) is 3.41. The number of aliphatic hydroxyl groups excluding tert-OH is 1. The zero-order chi connectivity index (χ0) is 11.4. The van der Waals surface area contributed by atoms with E-state index in [9.17, 15) is 9.90 Å². The summed E-state index contributed by atoms with van der Waals surface area (Å²) in [5, 5.41) is 12.6. The normalized spacial score (nSPS) is 25.1. The molecule has 1 fully saturated rings. The molecule has 3 nitrogen and oxygen atoms in total. The summed E-state index contributed by atoms with van der Waals surface area (Å²) in [6.45, 7) is 0. The average molecular weight is 219 g/mol. The monoisotopic (exact) mass is 219 g/mol. The zero-order valence-electron chi connectivity index (χ0n) is 9.23. The smallest absolute Gasteiger partial charge is 0.251 e. The Morgan fingerprint density at radius 2 is 1.88 bits per heavy atom. The van der Waals surface area contributed by atoms with Crippen molar-refractivity contribution in [2.45, 2.75) is 37.8 Å². The summed E-state index contributed by atoms with van der Waals surface area (Å²) in [6, 6.07) is 9.04. The van der Waals surface area contributed by atoms with Crippen LogP contribution in [0.4, 0.5) is 0 Å². The summed E-state index contributed by atoms with van der Waals surface area (Å²) in [4.78, 5) is 11.8. The number of hydrogen-bond donors (Lipinski definition) is 2. The van der Waals surface area contributed by atoms with Crippen LogP contribution in [0.2, 0.25) is 0 Å². The topological polar surface area (TPSA) is 49.3 Å². The maximum atomic E-state index is 11.8. The van der Waals surface area contributed by atoms with E-state index in [0.717, 1.165) is 25.7 Å². The molecule has 0 bridgehead atoms. The molecule has 3 heteroatoms. The molecule has 1 amide bonds. The van der Waals surface area contributed by atoms with Gasteiger partial charge in [0.25, 0.3) is 5.91 Å². The Labute approximate surface area is 95.5 Å². The van der Waals surface area contributed by atoms with Crippen LogP contribution >= 0.6 is 0 Å². The second-order valence-corrected chi connectivity index (χ2v) is 4.30. The van der Waals surface area contributed by atoms with Crippen molar-refractivity contribution in [3.8, 4) is 0 Å². The first kappa shape index (κ1) is 11.1. The van der Waals surface area contributed by atoms with Gasteiger partial charge in [-0.25, -0.2) is 0 Å². The molecule has 2 atom stereocenters. The average Bonchev–Trinajstić information content (AvgIpc) is 2.33. The third-order valence-electron chi connectivity index (χ3n) is 3.08. The van der Waals surface area contributed by atoms with Crippen LogP contribution < -0.4 is 5.32 Å². The van der Waals surface area contributed by atoms with Crippen molar-refractivity contribution < 1.29 is 9.90 Å². The summed E-state index contributed by atoms with van der Waals surface area (Å²) in [5.74, 6) is -0.0912. The van der Waals surface area contributed by atoms with Gasteiger partial charge in [-0.2, -0.15) is 0 Å².